The Hall–Kier alpha value is -1.80. The van der Waals surface area contributed by atoms with Crippen LogP contribution in [-0.4, -0.2) is 13.0 Å². The van der Waals surface area contributed by atoms with Gasteiger partial charge in [0.05, 0.1) is 12.5 Å². The highest BCUT2D eigenvalue weighted by Crippen LogP contribution is 2.11. The molecule has 0 atom stereocenters. The van der Waals surface area contributed by atoms with Crippen LogP contribution in [0.1, 0.15) is 0 Å². The van der Waals surface area contributed by atoms with Crippen molar-refractivity contribution in [3.05, 3.63) is 42.8 Å². The van der Waals surface area contributed by atoms with E-state index in [4.69, 9.17) is 4.55 Å². The standard InChI is InChI=1S/C4H3FO.C4H4O5S/c5-4-2-1-3-6-4;5-10(6,7)9-4-2-1-3-8-4/h1-3H;1-3H,(H,5,6,7). The van der Waals surface area contributed by atoms with Gasteiger partial charge in [0.2, 0.25) is 0 Å². The highest BCUT2D eigenvalue weighted by Gasteiger charge is 2.07. The van der Waals surface area contributed by atoms with E-state index >= 15 is 0 Å². The SMILES string of the molecule is Fc1ccco1.O=S(=O)(O)Oc1ccco1. The molecule has 0 spiro atoms. The van der Waals surface area contributed by atoms with Gasteiger partial charge in [-0.25, -0.2) is 0 Å². The third-order valence-corrected chi connectivity index (χ3v) is 1.54. The Labute approximate surface area is 90.2 Å². The quantitative estimate of drug-likeness (QED) is 0.818. The van der Waals surface area contributed by atoms with Crippen molar-refractivity contribution in [2.24, 2.45) is 0 Å². The fourth-order valence-corrected chi connectivity index (χ4v) is 0.976. The van der Waals surface area contributed by atoms with Crippen molar-refractivity contribution in [3.63, 3.8) is 0 Å². The fourth-order valence-electron chi connectivity index (χ4n) is 0.673. The lowest BCUT2D eigenvalue weighted by atomic mass is 10.7. The van der Waals surface area contributed by atoms with Crippen molar-refractivity contribution < 1.29 is 30.4 Å². The Bertz CT molecular complexity index is 487. The molecule has 0 aliphatic rings. The van der Waals surface area contributed by atoms with E-state index in [1.165, 1.54) is 36.8 Å². The van der Waals surface area contributed by atoms with E-state index in [1.54, 1.807) is 0 Å². The zero-order valence-corrected chi connectivity index (χ0v) is 8.56. The molecule has 88 valence electrons. The molecule has 0 aromatic carbocycles. The second-order valence-electron chi connectivity index (χ2n) is 2.36. The summed E-state index contributed by atoms with van der Waals surface area (Å²) < 4.78 is 52.0. The monoisotopic (exact) mass is 250 g/mol. The summed E-state index contributed by atoms with van der Waals surface area (Å²) in [5.74, 6) is -0.262. The van der Waals surface area contributed by atoms with E-state index in [1.807, 2.05) is 0 Å². The van der Waals surface area contributed by atoms with Crippen molar-refractivity contribution in [2.75, 3.05) is 0 Å². The number of furan rings is 2. The fraction of sp³-hybridized carbons (Fsp3) is 0. The van der Waals surface area contributed by atoms with E-state index in [-0.39, 0.29) is 5.95 Å². The van der Waals surface area contributed by atoms with E-state index < -0.39 is 16.4 Å². The van der Waals surface area contributed by atoms with Crippen LogP contribution in [0.3, 0.4) is 0 Å². The summed E-state index contributed by atoms with van der Waals surface area (Å²) in [5, 5.41) is 0. The maximum absolute atomic E-state index is 11.5. The molecule has 2 aromatic rings. The molecule has 0 unspecified atom stereocenters. The topological polar surface area (TPSA) is 89.9 Å². The minimum absolute atomic E-state index is 0.262. The van der Waals surface area contributed by atoms with E-state index in [0.717, 1.165) is 0 Å². The first kappa shape index (κ1) is 12.3. The molecule has 0 amide bonds. The van der Waals surface area contributed by atoms with Gasteiger partial charge in [-0.2, -0.15) is 12.8 Å². The molecule has 0 saturated heterocycles. The van der Waals surface area contributed by atoms with E-state index in [2.05, 4.69) is 13.0 Å². The maximum atomic E-state index is 11.5. The molecule has 8 heteroatoms. The predicted molar refractivity (Wildman–Crippen MR) is 49.6 cm³/mol. The van der Waals surface area contributed by atoms with Crippen LogP contribution in [0.25, 0.3) is 0 Å². The van der Waals surface area contributed by atoms with Gasteiger partial charge in [-0.05, 0) is 12.1 Å². The second kappa shape index (κ2) is 5.33. The largest absolute Gasteiger partial charge is 0.449 e. The lowest BCUT2D eigenvalue weighted by Crippen LogP contribution is -2.05. The first-order chi connectivity index (χ1) is 7.47. The van der Waals surface area contributed by atoms with Gasteiger partial charge in [0.1, 0.15) is 0 Å². The summed E-state index contributed by atoms with van der Waals surface area (Å²) in [4.78, 5) is 0. The Morgan fingerprint density at radius 2 is 1.81 bits per heavy atom. The lowest BCUT2D eigenvalue weighted by molar-refractivity contribution is 0.333. The van der Waals surface area contributed by atoms with Gasteiger partial charge in [-0.15, -0.1) is 0 Å². The smallest absolute Gasteiger partial charge is 0.440 e. The van der Waals surface area contributed by atoms with Crippen molar-refractivity contribution in [1.82, 2.24) is 0 Å². The Balaban J connectivity index is 0.000000181. The van der Waals surface area contributed by atoms with Crippen LogP contribution < -0.4 is 4.18 Å². The average Bonchev–Trinajstić information content (AvgIpc) is 2.76. The van der Waals surface area contributed by atoms with Crippen molar-refractivity contribution in [2.45, 2.75) is 0 Å². The Morgan fingerprint density at radius 3 is 2.12 bits per heavy atom. The summed E-state index contributed by atoms with van der Waals surface area (Å²) in [6.45, 7) is 0. The van der Waals surface area contributed by atoms with Gasteiger partial charge in [0, 0.05) is 12.1 Å². The normalized spacial score (nSPS) is 10.4. The molecule has 1 N–H and O–H groups in total. The number of hydrogen-bond acceptors (Lipinski definition) is 5. The van der Waals surface area contributed by atoms with Gasteiger partial charge in [0.25, 0.3) is 6.01 Å². The summed E-state index contributed by atoms with van der Waals surface area (Å²) in [7, 11) is -4.44. The van der Waals surface area contributed by atoms with Crippen LogP contribution in [0.5, 0.6) is 5.95 Å². The second-order valence-corrected chi connectivity index (χ2v) is 3.38. The molecule has 16 heavy (non-hydrogen) atoms. The zero-order valence-electron chi connectivity index (χ0n) is 7.74. The molecule has 0 fully saturated rings. The molecule has 0 aliphatic heterocycles. The van der Waals surface area contributed by atoms with Gasteiger partial charge < -0.3 is 13.0 Å². The summed E-state index contributed by atoms with van der Waals surface area (Å²) in [6.07, 6.45) is 2.51. The van der Waals surface area contributed by atoms with Crippen LogP contribution in [0.2, 0.25) is 0 Å². The number of rotatable bonds is 2. The van der Waals surface area contributed by atoms with Gasteiger partial charge in [-0.1, -0.05) is 0 Å². The molecule has 2 heterocycles. The van der Waals surface area contributed by atoms with Crippen LogP contribution >= 0.6 is 0 Å². The minimum atomic E-state index is -4.44. The minimum Gasteiger partial charge on any atom is -0.440 e. The first-order valence-electron chi connectivity index (χ1n) is 3.87. The summed E-state index contributed by atoms with van der Waals surface area (Å²) >= 11 is 0. The van der Waals surface area contributed by atoms with Crippen LogP contribution in [0.15, 0.2) is 45.6 Å². The Morgan fingerprint density at radius 1 is 1.19 bits per heavy atom. The van der Waals surface area contributed by atoms with Crippen molar-refractivity contribution in [1.29, 1.82) is 0 Å². The van der Waals surface area contributed by atoms with E-state index in [0.29, 0.717) is 0 Å². The van der Waals surface area contributed by atoms with Crippen LogP contribution in [0, 0.1) is 6.01 Å². The molecule has 6 nitrogen and oxygen atoms in total. The maximum Gasteiger partial charge on any atom is 0.449 e. The van der Waals surface area contributed by atoms with Crippen LogP contribution in [-0.2, 0) is 10.4 Å². The highest BCUT2D eigenvalue weighted by atomic mass is 32.3. The van der Waals surface area contributed by atoms with Gasteiger partial charge in [-0.3, -0.25) is 4.55 Å². The molecule has 0 saturated carbocycles. The number of halogens is 1. The van der Waals surface area contributed by atoms with Crippen molar-refractivity contribution >= 4 is 10.4 Å². The molecule has 2 aromatic heterocycles. The molecule has 2 rings (SSSR count). The average molecular weight is 250 g/mol. The van der Waals surface area contributed by atoms with Gasteiger partial charge >= 0.3 is 16.3 Å². The molecule has 0 bridgehead atoms. The van der Waals surface area contributed by atoms with E-state index in [9.17, 15) is 12.8 Å². The molecular formula is C8H7FO6S. The van der Waals surface area contributed by atoms with Gasteiger partial charge in [0.15, 0.2) is 0 Å². The predicted octanol–water partition coefficient (Wildman–Crippen LogP) is 1.88. The molecular weight excluding hydrogens is 243 g/mol. The van der Waals surface area contributed by atoms with Crippen LogP contribution in [0.4, 0.5) is 4.39 Å². The third kappa shape index (κ3) is 5.17. The summed E-state index contributed by atoms with van der Waals surface area (Å²) in [5.41, 5.74) is 0. The highest BCUT2D eigenvalue weighted by molar-refractivity contribution is 7.81. The zero-order chi connectivity index (χ0) is 12.0. The lowest BCUT2D eigenvalue weighted by Gasteiger charge is -1.92. The summed E-state index contributed by atoms with van der Waals surface area (Å²) in [6, 6.07) is 4.90. The first-order valence-corrected chi connectivity index (χ1v) is 5.23. The Kier molecular flexibility index (Phi) is 4.09. The third-order valence-electron chi connectivity index (χ3n) is 1.17. The molecule has 0 radical (unpaired) electrons. The molecule has 0 aliphatic carbocycles. The number of hydrogen-bond donors (Lipinski definition) is 1. The van der Waals surface area contributed by atoms with Crippen molar-refractivity contribution in [3.8, 4) is 5.95 Å².